The van der Waals surface area contributed by atoms with Crippen molar-refractivity contribution in [2.75, 3.05) is 6.61 Å². The number of nitrogens with two attached hydrogens (primary N) is 1. The number of primary sulfonamides is 1. The molecule has 0 amide bonds. The molecule has 0 unspecified atom stereocenters. The minimum Gasteiger partial charge on any atom is -0.461 e. The van der Waals surface area contributed by atoms with E-state index in [0.29, 0.717) is 12.5 Å². The maximum absolute atomic E-state index is 11.7. The van der Waals surface area contributed by atoms with Gasteiger partial charge in [0.25, 0.3) is 0 Å². The maximum Gasteiger partial charge on any atom is 0.354 e. The van der Waals surface area contributed by atoms with Crippen molar-refractivity contribution in [1.82, 2.24) is 4.57 Å². The Hall–Kier alpha value is -1.34. The Labute approximate surface area is 99.4 Å². The van der Waals surface area contributed by atoms with Gasteiger partial charge in [0.2, 0.25) is 10.0 Å². The predicted molar refractivity (Wildman–Crippen MR) is 59.8 cm³/mol. The van der Waals surface area contributed by atoms with E-state index in [1.54, 1.807) is 7.05 Å². The molecule has 1 saturated carbocycles. The van der Waals surface area contributed by atoms with Gasteiger partial charge in [-0.2, -0.15) is 0 Å². The standard InChI is InChI=1S/C10H14N2O4S/c1-12-5-8(17(11,14)15)4-9(12)10(13)16-6-7-2-3-7/h4-5,7H,2-3,6H2,1H3,(H2,11,14,15). The number of hydrogen-bond acceptors (Lipinski definition) is 4. The van der Waals surface area contributed by atoms with E-state index in [0.717, 1.165) is 12.8 Å². The summed E-state index contributed by atoms with van der Waals surface area (Å²) in [6.07, 6.45) is 3.47. The predicted octanol–water partition coefficient (Wildman–Crippen LogP) is 0.239. The first-order valence-corrected chi connectivity index (χ1v) is 6.79. The fraction of sp³-hybridized carbons (Fsp3) is 0.500. The summed E-state index contributed by atoms with van der Waals surface area (Å²) in [5.41, 5.74) is 0.190. The SMILES string of the molecule is Cn1cc(S(N)(=O)=O)cc1C(=O)OCC1CC1. The van der Waals surface area contributed by atoms with Crippen molar-refractivity contribution < 1.29 is 17.9 Å². The van der Waals surface area contributed by atoms with Crippen LogP contribution >= 0.6 is 0 Å². The lowest BCUT2D eigenvalue weighted by Crippen LogP contribution is -2.11. The van der Waals surface area contributed by atoms with Crippen molar-refractivity contribution in [3.63, 3.8) is 0 Å². The third-order valence-corrected chi connectivity index (χ3v) is 3.54. The monoisotopic (exact) mass is 258 g/mol. The van der Waals surface area contributed by atoms with Crippen LogP contribution in [-0.4, -0.2) is 25.6 Å². The Morgan fingerprint density at radius 2 is 2.24 bits per heavy atom. The van der Waals surface area contributed by atoms with E-state index in [9.17, 15) is 13.2 Å². The molecule has 0 radical (unpaired) electrons. The fourth-order valence-corrected chi connectivity index (χ4v) is 2.03. The van der Waals surface area contributed by atoms with Crippen molar-refractivity contribution in [2.45, 2.75) is 17.7 Å². The molecule has 6 nitrogen and oxygen atoms in total. The van der Waals surface area contributed by atoms with Gasteiger partial charge >= 0.3 is 5.97 Å². The van der Waals surface area contributed by atoms with Crippen LogP contribution in [-0.2, 0) is 21.8 Å². The average molecular weight is 258 g/mol. The molecule has 1 aromatic rings. The molecule has 0 aliphatic heterocycles. The van der Waals surface area contributed by atoms with E-state index in [-0.39, 0.29) is 10.6 Å². The maximum atomic E-state index is 11.7. The van der Waals surface area contributed by atoms with Crippen LogP contribution < -0.4 is 5.14 Å². The summed E-state index contributed by atoms with van der Waals surface area (Å²) in [7, 11) is -2.21. The zero-order valence-electron chi connectivity index (χ0n) is 9.42. The highest BCUT2D eigenvalue weighted by Gasteiger charge is 2.24. The molecule has 0 saturated heterocycles. The van der Waals surface area contributed by atoms with Gasteiger partial charge in [-0.25, -0.2) is 18.4 Å². The molecule has 0 atom stereocenters. The Bertz CT molecular complexity index is 543. The van der Waals surface area contributed by atoms with Crippen LogP contribution in [0.25, 0.3) is 0 Å². The number of aromatic nitrogens is 1. The van der Waals surface area contributed by atoms with Gasteiger partial charge in [0, 0.05) is 13.2 Å². The number of nitrogens with zero attached hydrogens (tertiary/aromatic N) is 1. The van der Waals surface area contributed by atoms with Gasteiger partial charge in [0.05, 0.1) is 6.61 Å². The molecular formula is C10H14N2O4S. The highest BCUT2D eigenvalue weighted by molar-refractivity contribution is 7.89. The Morgan fingerprint density at radius 3 is 2.71 bits per heavy atom. The number of sulfonamides is 1. The minimum atomic E-state index is -3.79. The molecule has 0 bridgehead atoms. The molecular weight excluding hydrogens is 244 g/mol. The summed E-state index contributed by atoms with van der Waals surface area (Å²) in [5, 5.41) is 4.98. The zero-order valence-corrected chi connectivity index (χ0v) is 10.2. The average Bonchev–Trinajstić information content (AvgIpc) is 2.95. The smallest absolute Gasteiger partial charge is 0.354 e. The number of aryl methyl sites for hydroxylation is 1. The van der Waals surface area contributed by atoms with Gasteiger partial charge in [0.15, 0.2) is 0 Å². The molecule has 1 aliphatic rings. The first-order chi connectivity index (χ1) is 7.88. The van der Waals surface area contributed by atoms with Crippen molar-refractivity contribution in [1.29, 1.82) is 0 Å². The highest BCUT2D eigenvalue weighted by atomic mass is 32.2. The van der Waals surface area contributed by atoms with Gasteiger partial charge in [-0.1, -0.05) is 0 Å². The van der Waals surface area contributed by atoms with Gasteiger partial charge in [-0.15, -0.1) is 0 Å². The van der Waals surface area contributed by atoms with Crippen molar-refractivity contribution in [3.8, 4) is 0 Å². The molecule has 7 heteroatoms. The van der Waals surface area contributed by atoms with Gasteiger partial charge < -0.3 is 9.30 Å². The van der Waals surface area contributed by atoms with E-state index >= 15 is 0 Å². The molecule has 1 fully saturated rings. The first kappa shape index (κ1) is 12.1. The van der Waals surface area contributed by atoms with Gasteiger partial charge in [-0.05, 0) is 24.8 Å². The normalized spacial score (nSPS) is 15.9. The lowest BCUT2D eigenvalue weighted by atomic mass is 10.4. The molecule has 2 N–H and O–H groups in total. The lowest BCUT2D eigenvalue weighted by molar-refractivity contribution is 0.0475. The largest absolute Gasteiger partial charge is 0.461 e. The summed E-state index contributed by atoms with van der Waals surface area (Å²) in [6, 6.07) is 1.23. The third-order valence-electron chi connectivity index (χ3n) is 2.66. The van der Waals surface area contributed by atoms with Crippen LogP contribution in [0.15, 0.2) is 17.2 Å². The van der Waals surface area contributed by atoms with Crippen LogP contribution in [0, 0.1) is 5.92 Å². The van der Waals surface area contributed by atoms with E-state index in [1.807, 2.05) is 0 Å². The van der Waals surface area contributed by atoms with Crippen molar-refractivity contribution in [3.05, 3.63) is 18.0 Å². The second kappa shape index (κ2) is 4.15. The number of hydrogen-bond donors (Lipinski definition) is 1. The number of esters is 1. The molecule has 1 aromatic heterocycles. The Balaban J connectivity index is 2.14. The van der Waals surface area contributed by atoms with Gasteiger partial charge in [0.1, 0.15) is 10.6 Å². The van der Waals surface area contributed by atoms with E-state index < -0.39 is 16.0 Å². The zero-order chi connectivity index (χ0) is 12.6. The molecule has 0 aromatic carbocycles. The molecule has 94 valence electrons. The Kier molecular flexibility index (Phi) is 2.96. The van der Waals surface area contributed by atoms with Crippen LogP contribution in [0.3, 0.4) is 0 Å². The van der Waals surface area contributed by atoms with Crippen LogP contribution in [0.4, 0.5) is 0 Å². The molecule has 1 heterocycles. The first-order valence-electron chi connectivity index (χ1n) is 5.24. The van der Waals surface area contributed by atoms with Crippen molar-refractivity contribution in [2.24, 2.45) is 18.1 Å². The van der Waals surface area contributed by atoms with E-state index in [1.165, 1.54) is 16.8 Å². The van der Waals surface area contributed by atoms with Crippen LogP contribution in [0.5, 0.6) is 0 Å². The molecule has 0 spiro atoms. The summed E-state index contributed by atoms with van der Waals surface area (Å²) >= 11 is 0. The number of ether oxygens (including phenoxy) is 1. The second-order valence-electron chi connectivity index (χ2n) is 4.26. The fourth-order valence-electron chi connectivity index (χ4n) is 1.44. The summed E-state index contributed by atoms with van der Waals surface area (Å²) in [5.74, 6) is -0.0498. The molecule has 1 aliphatic carbocycles. The highest BCUT2D eigenvalue weighted by Crippen LogP contribution is 2.29. The summed E-state index contributed by atoms with van der Waals surface area (Å²) in [6.45, 7) is 0.398. The molecule has 17 heavy (non-hydrogen) atoms. The Morgan fingerprint density at radius 1 is 1.59 bits per heavy atom. The minimum absolute atomic E-state index is 0.0848. The number of carbonyl (C=O) groups is 1. The number of rotatable bonds is 4. The van der Waals surface area contributed by atoms with Gasteiger partial charge in [-0.3, -0.25) is 0 Å². The molecule has 2 rings (SSSR count). The van der Waals surface area contributed by atoms with Crippen LogP contribution in [0.2, 0.25) is 0 Å². The van der Waals surface area contributed by atoms with E-state index in [4.69, 9.17) is 9.88 Å². The third kappa shape index (κ3) is 2.86. The number of carbonyl (C=O) groups excluding carboxylic acids is 1. The quantitative estimate of drug-likeness (QED) is 0.783. The lowest BCUT2D eigenvalue weighted by Gasteiger charge is -2.03. The summed E-state index contributed by atoms with van der Waals surface area (Å²) in [4.78, 5) is 11.6. The van der Waals surface area contributed by atoms with Crippen LogP contribution in [0.1, 0.15) is 23.3 Å². The topological polar surface area (TPSA) is 91.4 Å². The second-order valence-corrected chi connectivity index (χ2v) is 5.82. The van der Waals surface area contributed by atoms with E-state index in [2.05, 4.69) is 0 Å². The van der Waals surface area contributed by atoms with Crippen molar-refractivity contribution >= 4 is 16.0 Å². The summed E-state index contributed by atoms with van der Waals surface area (Å²) < 4.78 is 28.7.